The lowest BCUT2D eigenvalue weighted by molar-refractivity contribution is -0.116. The number of nitrogen functional groups attached to an aromatic ring is 1. The van der Waals surface area contributed by atoms with Crippen molar-refractivity contribution in [1.82, 2.24) is 9.55 Å². The summed E-state index contributed by atoms with van der Waals surface area (Å²) in [7, 11) is 0. The van der Waals surface area contributed by atoms with Gasteiger partial charge in [0.05, 0.1) is 11.2 Å². The van der Waals surface area contributed by atoms with E-state index in [4.69, 9.17) is 5.73 Å². The van der Waals surface area contributed by atoms with Crippen LogP contribution in [0.2, 0.25) is 0 Å². The molecule has 0 aliphatic heterocycles. The molecule has 1 heterocycles. The molecule has 2 aromatic carbocycles. The molecular weight excluding hydrogens is 283 g/mol. The normalized spacial score (nSPS) is 10.8. The number of imidazole rings is 1. The van der Waals surface area contributed by atoms with Crippen LogP contribution in [0.3, 0.4) is 0 Å². The number of hydrogen-bond acceptors (Lipinski definition) is 3. The third-order valence-electron chi connectivity index (χ3n) is 3.43. The summed E-state index contributed by atoms with van der Waals surface area (Å²) in [5.41, 5.74) is 8.53. The minimum atomic E-state index is -0.343. The van der Waals surface area contributed by atoms with Crippen molar-refractivity contribution in [2.45, 2.75) is 13.5 Å². The number of anilines is 2. The molecule has 0 unspecified atom stereocenters. The molecule has 0 atom stereocenters. The van der Waals surface area contributed by atoms with Crippen LogP contribution < -0.4 is 11.1 Å². The van der Waals surface area contributed by atoms with Crippen LogP contribution in [-0.2, 0) is 11.3 Å². The number of rotatable bonds is 3. The standard InChI is InChI=1S/C16H15FN4O/c1-10-19-16-13(18)3-2-4-14(16)21(10)9-15(22)20-12-7-5-11(17)6-8-12/h2-8H,9,18H2,1H3,(H,20,22). The number of amides is 1. The summed E-state index contributed by atoms with van der Waals surface area (Å²) in [6, 6.07) is 11.1. The first-order valence-electron chi connectivity index (χ1n) is 6.81. The van der Waals surface area contributed by atoms with Crippen LogP contribution in [0.5, 0.6) is 0 Å². The maximum Gasteiger partial charge on any atom is 0.244 e. The van der Waals surface area contributed by atoms with E-state index in [1.165, 1.54) is 24.3 Å². The Bertz CT molecular complexity index is 839. The number of aryl methyl sites for hydroxylation is 1. The third kappa shape index (κ3) is 2.63. The molecule has 3 N–H and O–H groups in total. The Kier molecular flexibility index (Phi) is 3.50. The van der Waals surface area contributed by atoms with Crippen molar-refractivity contribution in [3.05, 3.63) is 54.1 Å². The minimum Gasteiger partial charge on any atom is -0.397 e. The number of carbonyl (C=O) groups excluding carboxylic acids is 1. The van der Waals surface area contributed by atoms with E-state index >= 15 is 0 Å². The average Bonchev–Trinajstić information content (AvgIpc) is 2.80. The molecule has 112 valence electrons. The van der Waals surface area contributed by atoms with Gasteiger partial charge < -0.3 is 15.6 Å². The number of aromatic nitrogens is 2. The Hall–Kier alpha value is -2.89. The molecule has 6 heteroatoms. The van der Waals surface area contributed by atoms with E-state index < -0.39 is 0 Å². The fraction of sp³-hybridized carbons (Fsp3) is 0.125. The molecule has 5 nitrogen and oxygen atoms in total. The predicted octanol–water partition coefficient (Wildman–Crippen LogP) is 2.70. The number of carbonyl (C=O) groups is 1. The maximum absolute atomic E-state index is 12.9. The molecule has 1 aromatic heterocycles. The number of nitrogens with two attached hydrogens (primary N) is 1. The summed E-state index contributed by atoms with van der Waals surface area (Å²) in [6.45, 7) is 1.94. The monoisotopic (exact) mass is 298 g/mol. The molecule has 0 saturated carbocycles. The van der Waals surface area contributed by atoms with Gasteiger partial charge in [0.25, 0.3) is 0 Å². The topological polar surface area (TPSA) is 72.9 Å². The second-order valence-electron chi connectivity index (χ2n) is 5.02. The molecule has 0 spiro atoms. The van der Waals surface area contributed by atoms with Gasteiger partial charge in [-0.2, -0.15) is 0 Å². The summed E-state index contributed by atoms with van der Waals surface area (Å²) < 4.78 is 14.7. The predicted molar refractivity (Wildman–Crippen MR) is 83.9 cm³/mol. The Morgan fingerprint density at radius 3 is 2.73 bits per heavy atom. The van der Waals surface area contributed by atoms with Gasteiger partial charge in [0.15, 0.2) is 0 Å². The number of benzene rings is 2. The lowest BCUT2D eigenvalue weighted by atomic mass is 10.2. The number of halogens is 1. The molecule has 22 heavy (non-hydrogen) atoms. The maximum atomic E-state index is 12.9. The van der Waals surface area contributed by atoms with E-state index in [0.29, 0.717) is 22.7 Å². The molecule has 0 bridgehead atoms. The zero-order valence-corrected chi connectivity index (χ0v) is 12.0. The van der Waals surface area contributed by atoms with Crippen LogP contribution in [0.25, 0.3) is 11.0 Å². The van der Waals surface area contributed by atoms with Gasteiger partial charge in [-0.25, -0.2) is 9.37 Å². The molecule has 0 aliphatic carbocycles. The Morgan fingerprint density at radius 2 is 2.00 bits per heavy atom. The van der Waals surface area contributed by atoms with Gasteiger partial charge in [-0.1, -0.05) is 6.07 Å². The van der Waals surface area contributed by atoms with Gasteiger partial charge in [-0.05, 0) is 43.3 Å². The summed E-state index contributed by atoms with van der Waals surface area (Å²) >= 11 is 0. The highest BCUT2D eigenvalue weighted by Crippen LogP contribution is 2.21. The van der Waals surface area contributed by atoms with Crippen molar-refractivity contribution in [2.75, 3.05) is 11.1 Å². The van der Waals surface area contributed by atoms with Gasteiger partial charge in [-0.3, -0.25) is 4.79 Å². The molecule has 0 saturated heterocycles. The summed E-state index contributed by atoms with van der Waals surface area (Å²) in [5, 5.41) is 2.73. The first-order chi connectivity index (χ1) is 10.5. The lowest BCUT2D eigenvalue weighted by Gasteiger charge is -2.08. The number of nitrogens with one attached hydrogen (secondary N) is 1. The van der Waals surface area contributed by atoms with Crippen LogP contribution >= 0.6 is 0 Å². The van der Waals surface area contributed by atoms with Crippen molar-refractivity contribution < 1.29 is 9.18 Å². The van der Waals surface area contributed by atoms with Crippen molar-refractivity contribution in [3.8, 4) is 0 Å². The van der Waals surface area contributed by atoms with E-state index in [0.717, 1.165) is 5.52 Å². The fourth-order valence-electron chi connectivity index (χ4n) is 2.36. The highest BCUT2D eigenvalue weighted by Gasteiger charge is 2.12. The van der Waals surface area contributed by atoms with Crippen LogP contribution in [0, 0.1) is 12.7 Å². The van der Waals surface area contributed by atoms with E-state index in [-0.39, 0.29) is 18.3 Å². The van der Waals surface area contributed by atoms with E-state index in [1.54, 1.807) is 10.6 Å². The van der Waals surface area contributed by atoms with Gasteiger partial charge in [0.2, 0.25) is 5.91 Å². The summed E-state index contributed by atoms with van der Waals surface area (Å²) in [5.74, 6) is 0.156. The fourth-order valence-corrected chi connectivity index (χ4v) is 2.36. The first kappa shape index (κ1) is 14.1. The second kappa shape index (κ2) is 5.48. The minimum absolute atomic E-state index is 0.114. The average molecular weight is 298 g/mol. The van der Waals surface area contributed by atoms with Gasteiger partial charge >= 0.3 is 0 Å². The largest absolute Gasteiger partial charge is 0.397 e. The smallest absolute Gasteiger partial charge is 0.244 e. The molecule has 0 radical (unpaired) electrons. The third-order valence-corrected chi connectivity index (χ3v) is 3.43. The quantitative estimate of drug-likeness (QED) is 0.730. The van der Waals surface area contributed by atoms with Crippen LogP contribution in [0.4, 0.5) is 15.8 Å². The lowest BCUT2D eigenvalue weighted by Crippen LogP contribution is -2.19. The van der Waals surface area contributed by atoms with Crippen molar-refractivity contribution in [1.29, 1.82) is 0 Å². The van der Waals surface area contributed by atoms with E-state index in [9.17, 15) is 9.18 Å². The van der Waals surface area contributed by atoms with E-state index in [1.807, 2.05) is 19.1 Å². The SMILES string of the molecule is Cc1nc2c(N)cccc2n1CC(=O)Nc1ccc(F)cc1. The molecule has 3 rings (SSSR count). The number of hydrogen-bond donors (Lipinski definition) is 2. The number of fused-ring (bicyclic) bond motifs is 1. The zero-order valence-electron chi connectivity index (χ0n) is 12.0. The second-order valence-corrected chi connectivity index (χ2v) is 5.02. The molecular formula is C16H15FN4O. The zero-order chi connectivity index (χ0) is 15.7. The highest BCUT2D eigenvalue weighted by molar-refractivity contribution is 5.93. The molecule has 1 amide bonds. The van der Waals surface area contributed by atoms with Gasteiger partial charge in [0.1, 0.15) is 23.7 Å². The van der Waals surface area contributed by atoms with Crippen LogP contribution in [0.1, 0.15) is 5.82 Å². The Morgan fingerprint density at radius 1 is 1.27 bits per heavy atom. The van der Waals surface area contributed by atoms with Crippen molar-refractivity contribution >= 4 is 28.3 Å². The molecule has 0 aliphatic rings. The molecule has 3 aromatic rings. The summed E-state index contributed by atoms with van der Waals surface area (Å²) in [6.07, 6.45) is 0. The van der Waals surface area contributed by atoms with Crippen LogP contribution in [-0.4, -0.2) is 15.5 Å². The van der Waals surface area contributed by atoms with Gasteiger partial charge in [-0.15, -0.1) is 0 Å². The Labute approximate surface area is 126 Å². The first-order valence-corrected chi connectivity index (χ1v) is 6.81. The Balaban J connectivity index is 1.84. The van der Waals surface area contributed by atoms with Gasteiger partial charge in [0, 0.05) is 5.69 Å². The summed E-state index contributed by atoms with van der Waals surface area (Å²) in [4.78, 5) is 16.6. The van der Waals surface area contributed by atoms with E-state index in [2.05, 4.69) is 10.3 Å². The number of nitrogens with zero attached hydrogens (tertiary/aromatic N) is 2. The molecule has 0 fully saturated rings. The highest BCUT2D eigenvalue weighted by atomic mass is 19.1. The van der Waals surface area contributed by atoms with Crippen LogP contribution in [0.15, 0.2) is 42.5 Å². The number of para-hydroxylation sites is 1. The van der Waals surface area contributed by atoms with Crippen molar-refractivity contribution in [2.24, 2.45) is 0 Å². The van der Waals surface area contributed by atoms with Crippen molar-refractivity contribution in [3.63, 3.8) is 0 Å².